The topological polar surface area (TPSA) is 35.2 Å². The van der Waals surface area contributed by atoms with Crippen LogP contribution in [-0.4, -0.2) is 6.61 Å². The summed E-state index contributed by atoms with van der Waals surface area (Å²) in [6.07, 6.45) is 0. The van der Waals surface area contributed by atoms with E-state index < -0.39 is 0 Å². The Morgan fingerprint density at radius 3 is 2.82 bits per heavy atom. The molecule has 0 saturated carbocycles. The predicted octanol–water partition coefficient (Wildman–Crippen LogP) is 2.37. The maximum absolute atomic E-state index is 5.62. The number of hydrogen-bond donors (Lipinski definition) is 1. The zero-order valence-corrected chi connectivity index (χ0v) is 7.65. The number of hydrogen-bond acceptors (Lipinski definition) is 3. The molecule has 0 aliphatic heterocycles. The van der Waals surface area contributed by atoms with Gasteiger partial charge in [-0.25, -0.2) is 0 Å². The number of ether oxygens (including phenoxy) is 1. The van der Waals surface area contributed by atoms with Crippen molar-refractivity contribution in [3.8, 4) is 5.75 Å². The molecule has 0 aliphatic rings. The van der Waals surface area contributed by atoms with Crippen LogP contribution in [0.5, 0.6) is 5.75 Å². The van der Waals surface area contributed by atoms with E-state index in [4.69, 9.17) is 10.5 Å². The van der Waals surface area contributed by atoms with Gasteiger partial charge in [0.1, 0.15) is 5.00 Å². The van der Waals surface area contributed by atoms with E-state index in [0.717, 1.165) is 17.4 Å². The van der Waals surface area contributed by atoms with E-state index in [2.05, 4.69) is 13.8 Å². The number of thiophene rings is 1. The van der Waals surface area contributed by atoms with Crippen molar-refractivity contribution in [3.63, 3.8) is 0 Å². The average Bonchev–Trinajstić information content (AvgIpc) is 2.31. The molecule has 11 heavy (non-hydrogen) atoms. The Morgan fingerprint density at radius 1 is 1.64 bits per heavy atom. The van der Waals surface area contributed by atoms with Crippen molar-refractivity contribution in [1.29, 1.82) is 0 Å². The van der Waals surface area contributed by atoms with Crippen LogP contribution in [0.3, 0.4) is 0 Å². The molecule has 0 bridgehead atoms. The summed E-state index contributed by atoms with van der Waals surface area (Å²) in [5.74, 6) is 1.37. The molecule has 2 nitrogen and oxygen atoms in total. The van der Waals surface area contributed by atoms with Gasteiger partial charge >= 0.3 is 0 Å². The maximum atomic E-state index is 5.62. The minimum Gasteiger partial charge on any atom is -0.490 e. The molecule has 1 heterocycles. The number of rotatable bonds is 3. The lowest BCUT2D eigenvalue weighted by Crippen LogP contribution is -2.04. The molecule has 62 valence electrons. The molecule has 1 aromatic heterocycles. The van der Waals surface area contributed by atoms with Crippen molar-refractivity contribution in [2.75, 3.05) is 12.3 Å². The summed E-state index contributed by atoms with van der Waals surface area (Å²) in [5.41, 5.74) is 5.62. The summed E-state index contributed by atoms with van der Waals surface area (Å²) in [5, 5.41) is 2.70. The Morgan fingerprint density at radius 2 is 2.36 bits per heavy atom. The van der Waals surface area contributed by atoms with Gasteiger partial charge in [0.2, 0.25) is 0 Å². The van der Waals surface area contributed by atoms with Crippen LogP contribution in [0, 0.1) is 5.92 Å². The zero-order valence-electron chi connectivity index (χ0n) is 6.83. The summed E-state index contributed by atoms with van der Waals surface area (Å²) in [6.45, 7) is 4.96. The Labute approximate surface area is 71.0 Å². The fourth-order valence-corrected chi connectivity index (χ4v) is 1.27. The number of nitrogens with two attached hydrogens (primary N) is 1. The normalized spacial score (nSPS) is 10.5. The second kappa shape index (κ2) is 3.62. The van der Waals surface area contributed by atoms with E-state index in [1.807, 2.05) is 11.4 Å². The smallest absolute Gasteiger partial charge is 0.153 e. The molecule has 0 fully saturated rings. The van der Waals surface area contributed by atoms with E-state index in [1.165, 1.54) is 11.3 Å². The average molecular weight is 171 g/mol. The van der Waals surface area contributed by atoms with Gasteiger partial charge in [-0.1, -0.05) is 13.8 Å². The fraction of sp³-hybridized carbons (Fsp3) is 0.500. The van der Waals surface area contributed by atoms with E-state index in [-0.39, 0.29) is 0 Å². The molecule has 0 aliphatic carbocycles. The van der Waals surface area contributed by atoms with Gasteiger partial charge in [-0.3, -0.25) is 0 Å². The quantitative estimate of drug-likeness (QED) is 0.757. The van der Waals surface area contributed by atoms with Crippen LogP contribution in [0.15, 0.2) is 11.4 Å². The molecule has 3 heteroatoms. The van der Waals surface area contributed by atoms with Crippen LogP contribution < -0.4 is 10.5 Å². The van der Waals surface area contributed by atoms with E-state index in [9.17, 15) is 0 Å². The lowest BCUT2D eigenvalue weighted by atomic mass is 10.2. The van der Waals surface area contributed by atoms with E-state index in [1.54, 1.807) is 0 Å². The van der Waals surface area contributed by atoms with Gasteiger partial charge in [0, 0.05) is 0 Å². The predicted molar refractivity (Wildman–Crippen MR) is 49.1 cm³/mol. The highest BCUT2D eigenvalue weighted by atomic mass is 32.1. The van der Waals surface area contributed by atoms with Crippen LogP contribution >= 0.6 is 11.3 Å². The lowest BCUT2D eigenvalue weighted by Gasteiger charge is -2.06. The minimum atomic E-state index is 0.550. The van der Waals surface area contributed by atoms with Gasteiger partial charge in [-0.15, -0.1) is 11.3 Å². The Balaban J connectivity index is 2.44. The van der Waals surface area contributed by atoms with E-state index in [0.29, 0.717) is 5.92 Å². The van der Waals surface area contributed by atoms with Gasteiger partial charge < -0.3 is 10.5 Å². The molecule has 0 saturated heterocycles. The molecule has 0 radical (unpaired) electrons. The minimum absolute atomic E-state index is 0.550. The van der Waals surface area contributed by atoms with Crippen LogP contribution in [0.4, 0.5) is 5.00 Å². The van der Waals surface area contributed by atoms with Gasteiger partial charge in [0.05, 0.1) is 6.61 Å². The SMILES string of the molecule is CC(C)COc1ccsc1N. The van der Waals surface area contributed by atoms with Crippen molar-refractivity contribution < 1.29 is 4.74 Å². The summed E-state index contributed by atoms with van der Waals surface area (Å²) in [4.78, 5) is 0. The molecule has 0 amide bonds. The second-order valence-corrected chi connectivity index (χ2v) is 3.80. The third-order valence-corrected chi connectivity index (χ3v) is 1.96. The number of nitrogen functional groups attached to an aromatic ring is 1. The summed E-state index contributed by atoms with van der Waals surface area (Å²) in [6, 6.07) is 1.91. The lowest BCUT2D eigenvalue weighted by molar-refractivity contribution is 0.273. The molecule has 0 aromatic carbocycles. The summed E-state index contributed by atoms with van der Waals surface area (Å²) in [7, 11) is 0. The Kier molecular flexibility index (Phi) is 2.76. The van der Waals surface area contributed by atoms with Crippen molar-refractivity contribution in [2.45, 2.75) is 13.8 Å². The third kappa shape index (κ3) is 2.42. The third-order valence-electron chi connectivity index (χ3n) is 1.23. The molecule has 1 rings (SSSR count). The first kappa shape index (κ1) is 8.40. The molecule has 0 unspecified atom stereocenters. The Bertz CT molecular complexity index is 220. The van der Waals surface area contributed by atoms with E-state index >= 15 is 0 Å². The van der Waals surface area contributed by atoms with Gasteiger partial charge in [-0.2, -0.15) is 0 Å². The van der Waals surface area contributed by atoms with Crippen LogP contribution in [0.25, 0.3) is 0 Å². The van der Waals surface area contributed by atoms with Gasteiger partial charge in [0.15, 0.2) is 5.75 Å². The highest BCUT2D eigenvalue weighted by Gasteiger charge is 2.01. The van der Waals surface area contributed by atoms with Crippen molar-refractivity contribution in [2.24, 2.45) is 5.92 Å². The fourth-order valence-electron chi connectivity index (χ4n) is 0.685. The molecule has 2 N–H and O–H groups in total. The monoisotopic (exact) mass is 171 g/mol. The highest BCUT2D eigenvalue weighted by molar-refractivity contribution is 7.14. The largest absolute Gasteiger partial charge is 0.490 e. The summed E-state index contributed by atoms with van der Waals surface area (Å²) >= 11 is 1.51. The first-order valence-corrected chi connectivity index (χ1v) is 4.54. The van der Waals surface area contributed by atoms with Crippen LogP contribution in [0.1, 0.15) is 13.8 Å². The van der Waals surface area contributed by atoms with Crippen LogP contribution in [0.2, 0.25) is 0 Å². The standard InChI is InChI=1S/C8H13NOS/c1-6(2)5-10-7-3-4-11-8(7)9/h3-4,6H,5,9H2,1-2H3. The molecular formula is C8H13NOS. The zero-order chi connectivity index (χ0) is 8.27. The summed E-state index contributed by atoms with van der Waals surface area (Å²) < 4.78 is 5.42. The van der Waals surface area contributed by atoms with Crippen LogP contribution in [-0.2, 0) is 0 Å². The van der Waals surface area contributed by atoms with Crippen molar-refractivity contribution in [3.05, 3.63) is 11.4 Å². The molecule has 1 aromatic rings. The van der Waals surface area contributed by atoms with Crippen molar-refractivity contribution >= 4 is 16.3 Å². The maximum Gasteiger partial charge on any atom is 0.153 e. The highest BCUT2D eigenvalue weighted by Crippen LogP contribution is 2.27. The Hall–Kier alpha value is -0.700. The second-order valence-electron chi connectivity index (χ2n) is 2.85. The first-order valence-electron chi connectivity index (χ1n) is 3.66. The first-order chi connectivity index (χ1) is 5.20. The van der Waals surface area contributed by atoms with Gasteiger partial charge in [-0.05, 0) is 17.4 Å². The molecule has 0 spiro atoms. The van der Waals surface area contributed by atoms with Gasteiger partial charge in [0.25, 0.3) is 0 Å². The molecular weight excluding hydrogens is 158 g/mol. The number of anilines is 1. The molecule has 0 atom stereocenters. The van der Waals surface area contributed by atoms with Crippen molar-refractivity contribution in [1.82, 2.24) is 0 Å².